The van der Waals surface area contributed by atoms with Crippen LogP contribution in [0.15, 0.2) is 0 Å². The van der Waals surface area contributed by atoms with E-state index in [1.807, 2.05) is 0 Å². The number of hydrogen-bond donors (Lipinski definition) is 4. The van der Waals surface area contributed by atoms with Gasteiger partial charge in [-0.2, -0.15) is 0 Å². The maximum absolute atomic E-state index is 11.7. The third kappa shape index (κ3) is 1.47. The molecule has 88 valence electrons. The molecule has 2 aliphatic rings. The standard InChI is InChI=1S/C8H10ClN3O4/c9-7(1-2-7)8(3-10-6(15)16)4(13)11-5(14)12-8/h10H,1-3H2,(H,15,16)(H2,11,12,13,14). The van der Waals surface area contributed by atoms with Crippen molar-refractivity contribution < 1.29 is 19.5 Å². The van der Waals surface area contributed by atoms with Gasteiger partial charge in [-0.25, -0.2) is 9.59 Å². The highest BCUT2D eigenvalue weighted by molar-refractivity contribution is 6.30. The number of urea groups is 1. The monoisotopic (exact) mass is 247 g/mol. The minimum absolute atomic E-state index is 0.233. The molecule has 1 saturated carbocycles. The summed E-state index contributed by atoms with van der Waals surface area (Å²) in [5.74, 6) is -0.584. The van der Waals surface area contributed by atoms with Gasteiger partial charge in [0, 0.05) is 0 Å². The van der Waals surface area contributed by atoms with E-state index >= 15 is 0 Å². The molecular weight excluding hydrogens is 238 g/mol. The lowest BCUT2D eigenvalue weighted by Crippen LogP contribution is -2.62. The van der Waals surface area contributed by atoms with E-state index in [1.54, 1.807) is 0 Å². The second-order valence-corrected chi connectivity index (χ2v) is 4.66. The van der Waals surface area contributed by atoms with E-state index in [9.17, 15) is 14.4 Å². The van der Waals surface area contributed by atoms with Crippen LogP contribution in [0, 0.1) is 0 Å². The normalized spacial score (nSPS) is 30.6. The lowest BCUT2D eigenvalue weighted by Gasteiger charge is -2.30. The van der Waals surface area contributed by atoms with Crippen LogP contribution in [-0.2, 0) is 4.79 Å². The quantitative estimate of drug-likeness (QED) is 0.402. The lowest BCUT2D eigenvalue weighted by atomic mass is 9.92. The summed E-state index contributed by atoms with van der Waals surface area (Å²) < 4.78 is 0. The molecule has 0 aromatic heterocycles. The first-order chi connectivity index (χ1) is 7.40. The molecule has 0 spiro atoms. The molecule has 0 aromatic rings. The number of carboxylic acid groups (broad SMARTS) is 1. The first-order valence-electron chi connectivity index (χ1n) is 4.69. The highest BCUT2D eigenvalue weighted by Crippen LogP contribution is 2.51. The Bertz CT molecular complexity index is 381. The second-order valence-electron chi connectivity index (χ2n) is 3.94. The molecule has 8 heteroatoms. The molecule has 1 saturated heterocycles. The lowest BCUT2D eigenvalue weighted by molar-refractivity contribution is -0.124. The summed E-state index contributed by atoms with van der Waals surface area (Å²) in [7, 11) is 0. The largest absolute Gasteiger partial charge is 0.465 e. The van der Waals surface area contributed by atoms with Crippen molar-refractivity contribution in [2.75, 3.05) is 6.54 Å². The first kappa shape index (κ1) is 11.0. The van der Waals surface area contributed by atoms with Crippen LogP contribution in [0.1, 0.15) is 12.8 Å². The molecule has 0 radical (unpaired) electrons. The average molecular weight is 248 g/mol. The average Bonchev–Trinajstić information content (AvgIpc) is 2.84. The molecule has 1 aliphatic carbocycles. The number of hydrogen-bond acceptors (Lipinski definition) is 3. The predicted octanol–water partition coefficient (Wildman–Crippen LogP) is -0.396. The number of halogens is 1. The molecular formula is C8H10ClN3O4. The van der Waals surface area contributed by atoms with Crippen molar-refractivity contribution >= 4 is 29.6 Å². The van der Waals surface area contributed by atoms with E-state index in [1.165, 1.54) is 0 Å². The SMILES string of the molecule is O=C(O)NCC1(C2(Cl)CC2)NC(=O)NC1=O. The van der Waals surface area contributed by atoms with Gasteiger partial charge in [-0.1, -0.05) is 0 Å². The summed E-state index contributed by atoms with van der Waals surface area (Å²) in [6.45, 7) is -0.233. The van der Waals surface area contributed by atoms with Crippen molar-refractivity contribution in [1.29, 1.82) is 0 Å². The van der Waals surface area contributed by atoms with Crippen molar-refractivity contribution in [3.05, 3.63) is 0 Å². The number of rotatable bonds is 3. The van der Waals surface area contributed by atoms with Gasteiger partial charge in [-0.15, -0.1) is 11.6 Å². The number of carbonyl (C=O) groups is 3. The second kappa shape index (κ2) is 3.24. The summed E-state index contributed by atoms with van der Waals surface area (Å²) in [5.41, 5.74) is -1.37. The fourth-order valence-corrected chi connectivity index (χ4v) is 2.13. The topological polar surface area (TPSA) is 108 Å². The van der Waals surface area contributed by atoms with Gasteiger partial charge in [-0.05, 0) is 12.8 Å². The molecule has 4 N–H and O–H groups in total. The first-order valence-corrected chi connectivity index (χ1v) is 5.07. The Balaban J connectivity index is 2.23. The Hall–Kier alpha value is -1.50. The molecule has 1 heterocycles. The summed E-state index contributed by atoms with van der Waals surface area (Å²) in [4.78, 5) is 32.4. The van der Waals surface area contributed by atoms with Crippen LogP contribution in [0.5, 0.6) is 0 Å². The number of alkyl halides is 1. The zero-order chi connectivity index (χ0) is 12.0. The molecule has 0 aromatic carbocycles. The van der Waals surface area contributed by atoms with Crippen LogP contribution < -0.4 is 16.0 Å². The third-order valence-corrected chi connectivity index (χ3v) is 3.60. The molecule has 1 aliphatic heterocycles. The van der Waals surface area contributed by atoms with Gasteiger partial charge in [0.2, 0.25) is 0 Å². The van der Waals surface area contributed by atoms with Crippen LogP contribution in [-0.4, -0.2) is 40.1 Å². The van der Waals surface area contributed by atoms with Gasteiger partial charge in [0.15, 0.2) is 5.54 Å². The van der Waals surface area contributed by atoms with E-state index in [-0.39, 0.29) is 6.54 Å². The summed E-state index contributed by atoms with van der Waals surface area (Å²) in [6.07, 6.45) is -0.151. The highest BCUT2D eigenvalue weighted by atomic mass is 35.5. The highest BCUT2D eigenvalue weighted by Gasteiger charge is 2.66. The predicted molar refractivity (Wildman–Crippen MR) is 53.3 cm³/mol. The van der Waals surface area contributed by atoms with E-state index in [2.05, 4.69) is 16.0 Å². The van der Waals surface area contributed by atoms with Crippen LogP contribution in [0.2, 0.25) is 0 Å². The Morgan fingerprint density at radius 1 is 1.50 bits per heavy atom. The van der Waals surface area contributed by atoms with Crippen LogP contribution in [0.3, 0.4) is 0 Å². The van der Waals surface area contributed by atoms with Gasteiger partial charge in [-0.3, -0.25) is 10.1 Å². The minimum Gasteiger partial charge on any atom is -0.465 e. The molecule has 2 rings (SSSR count). The summed E-state index contributed by atoms with van der Waals surface area (Å²) in [6, 6.07) is -0.649. The van der Waals surface area contributed by atoms with Gasteiger partial charge in [0.25, 0.3) is 5.91 Å². The Morgan fingerprint density at radius 3 is 2.50 bits per heavy atom. The van der Waals surface area contributed by atoms with Crippen LogP contribution in [0.25, 0.3) is 0 Å². The number of nitrogens with one attached hydrogen (secondary N) is 3. The van der Waals surface area contributed by atoms with E-state index < -0.39 is 28.4 Å². The Morgan fingerprint density at radius 2 is 2.12 bits per heavy atom. The molecule has 7 nitrogen and oxygen atoms in total. The zero-order valence-electron chi connectivity index (χ0n) is 8.17. The van der Waals surface area contributed by atoms with Crippen LogP contribution in [0.4, 0.5) is 9.59 Å². The van der Waals surface area contributed by atoms with Crippen molar-refractivity contribution in [3.63, 3.8) is 0 Å². The van der Waals surface area contributed by atoms with Crippen molar-refractivity contribution in [2.45, 2.75) is 23.3 Å². The number of carbonyl (C=O) groups excluding carboxylic acids is 2. The fourth-order valence-electron chi connectivity index (χ4n) is 1.83. The minimum atomic E-state index is -1.37. The van der Waals surface area contributed by atoms with Gasteiger partial charge >= 0.3 is 12.1 Å². The van der Waals surface area contributed by atoms with E-state index in [4.69, 9.17) is 16.7 Å². The van der Waals surface area contributed by atoms with Gasteiger partial charge in [0.05, 0.1) is 11.4 Å². The van der Waals surface area contributed by atoms with Crippen molar-refractivity contribution in [3.8, 4) is 0 Å². The number of amides is 4. The fraction of sp³-hybridized carbons (Fsp3) is 0.625. The molecule has 2 fully saturated rings. The smallest absolute Gasteiger partial charge is 0.404 e. The molecule has 0 bridgehead atoms. The van der Waals surface area contributed by atoms with Crippen molar-refractivity contribution in [2.24, 2.45) is 0 Å². The molecule has 4 amide bonds. The molecule has 1 unspecified atom stereocenters. The van der Waals surface area contributed by atoms with Crippen LogP contribution >= 0.6 is 11.6 Å². The molecule has 16 heavy (non-hydrogen) atoms. The summed E-state index contributed by atoms with van der Waals surface area (Å²) in [5, 5.41) is 15.1. The molecule has 1 atom stereocenters. The van der Waals surface area contributed by atoms with Gasteiger partial charge in [0.1, 0.15) is 0 Å². The summed E-state index contributed by atoms with van der Waals surface area (Å²) >= 11 is 6.14. The van der Waals surface area contributed by atoms with Crippen molar-refractivity contribution in [1.82, 2.24) is 16.0 Å². The third-order valence-electron chi connectivity index (χ3n) is 2.90. The Kier molecular flexibility index (Phi) is 2.23. The maximum atomic E-state index is 11.7. The Labute approximate surface area is 95.5 Å². The van der Waals surface area contributed by atoms with Gasteiger partial charge < -0.3 is 15.7 Å². The zero-order valence-corrected chi connectivity index (χ0v) is 8.93. The van der Waals surface area contributed by atoms with E-state index in [0.717, 1.165) is 0 Å². The maximum Gasteiger partial charge on any atom is 0.404 e. The number of imide groups is 1. The van der Waals surface area contributed by atoms with E-state index in [0.29, 0.717) is 12.8 Å².